The highest BCUT2D eigenvalue weighted by molar-refractivity contribution is 6.01. The number of esters is 1. The van der Waals surface area contributed by atoms with Crippen molar-refractivity contribution in [2.24, 2.45) is 0 Å². The highest BCUT2D eigenvalue weighted by Crippen LogP contribution is 2.28. The van der Waals surface area contributed by atoms with Gasteiger partial charge in [0.15, 0.2) is 11.5 Å². The fraction of sp³-hybridized carbons (Fsp3) is 0.333. The maximum atomic E-state index is 12.3. The Morgan fingerprint density at radius 2 is 1.74 bits per heavy atom. The third-order valence-electron chi connectivity index (χ3n) is 4.01. The molecule has 0 aliphatic carbocycles. The third kappa shape index (κ3) is 5.74. The molecule has 2 aromatic rings. The number of benzene rings is 2. The van der Waals surface area contributed by atoms with Gasteiger partial charge >= 0.3 is 5.97 Å². The zero-order valence-corrected chi connectivity index (χ0v) is 15.9. The number of methoxy groups -OCH3 is 2. The van der Waals surface area contributed by atoms with Gasteiger partial charge in [0.1, 0.15) is 0 Å². The predicted octanol–water partition coefficient (Wildman–Crippen LogP) is 3.84. The first kappa shape index (κ1) is 20.3. The Morgan fingerprint density at radius 3 is 2.44 bits per heavy atom. The van der Waals surface area contributed by atoms with Crippen LogP contribution in [0.3, 0.4) is 0 Å². The summed E-state index contributed by atoms with van der Waals surface area (Å²) in [7, 11) is 3.19. The predicted molar refractivity (Wildman–Crippen MR) is 104 cm³/mol. The second-order valence-electron chi connectivity index (χ2n) is 5.86. The number of ether oxygens (including phenoxy) is 3. The van der Waals surface area contributed by atoms with E-state index in [4.69, 9.17) is 14.2 Å². The maximum absolute atomic E-state index is 12.3. The Kier molecular flexibility index (Phi) is 7.67. The van der Waals surface area contributed by atoms with Gasteiger partial charge in [-0.25, -0.2) is 4.79 Å². The molecule has 0 fully saturated rings. The van der Waals surface area contributed by atoms with Crippen LogP contribution in [0.4, 0.5) is 5.69 Å². The topological polar surface area (TPSA) is 73.9 Å². The maximum Gasteiger partial charge on any atom is 0.340 e. The Balaban J connectivity index is 1.91. The van der Waals surface area contributed by atoms with Crippen molar-refractivity contribution in [2.45, 2.75) is 26.2 Å². The summed E-state index contributed by atoms with van der Waals surface area (Å²) in [4.78, 5) is 24.2. The lowest BCUT2D eigenvalue weighted by Gasteiger charge is -2.11. The molecule has 0 radical (unpaired) electrons. The highest BCUT2D eigenvalue weighted by atomic mass is 16.5. The second-order valence-corrected chi connectivity index (χ2v) is 5.86. The van der Waals surface area contributed by atoms with Crippen LogP contribution in [0.2, 0.25) is 0 Å². The molecule has 0 spiro atoms. The first-order valence-electron chi connectivity index (χ1n) is 8.86. The van der Waals surface area contributed by atoms with Crippen LogP contribution in [0.5, 0.6) is 11.5 Å². The van der Waals surface area contributed by atoms with E-state index in [0.717, 1.165) is 12.0 Å². The first-order valence-corrected chi connectivity index (χ1v) is 8.86. The number of rotatable bonds is 9. The third-order valence-corrected chi connectivity index (χ3v) is 4.01. The van der Waals surface area contributed by atoms with Crippen LogP contribution in [0.25, 0.3) is 0 Å². The van der Waals surface area contributed by atoms with Gasteiger partial charge in [-0.15, -0.1) is 0 Å². The number of para-hydroxylation sites is 1. The molecule has 2 aromatic carbocycles. The van der Waals surface area contributed by atoms with E-state index in [1.165, 1.54) is 0 Å². The summed E-state index contributed by atoms with van der Waals surface area (Å²) in [5.74, 6) is 0.753. The number of hydrogen-bond acceptors (Lipinski definition) is 5. The van der Waals surface area contributed by atoms with Gasteiger partial charge in [0, 0.05) is 6.42 Å². The van der Waals surface area contributed by atoms with Crippen molar-refractivity contribution in [3.05, 3.63) is 53.6 Å². The number of hydrogen-bond donors (Lipinski definition) is 1. The van der Waals surface area contributed by atoms with E-state index in [9.17, 15) is 9.59 Å². The van der Waals surface area contributed by atoms with E-state index in [1.54, 1.807) is 45.4 Å². The lowest BCUT2D eigenvalue weighted by molar-refractivity contribution is -0.116. The lowest BCUT2D eigenvalue weighted by atomic mass is 10.1. The molecule has 0 heterocycles. The van der Waals surface area contributed by atoms with Crippen molar-refractivity contribution < 1.29 is 23.8 Å². The quantitative estimate of drug-likeness (QED) is 0.678. The van der Waals surface area contributed by atoms with Crippen molar-refractivity contribution in [3.8, 4) is 11.5 Å². The van der Waals surface area contributed by atoms with E-state index in [1.807, 2.05) is 18.2 Å². The molecule has 6 nitrogen and oxygen atoms in total. The van der Waals surface area contributed by atoms with Crippen molar-refractivity contribution in [2.75, 3.05) is 26.1 Å². The minimum atomic E-state index is -0.446. The molecule has 0 bridgehead atoms. The van der Waals surface area contributed by atoms with Gasteiger partial charge in [-0.1, -0.05) is 18.2 Å². The standard InChI is InChI=1S/C21H25NO5/c1-4-27-21(24)16-9-5-6-10-17(16)22-20(23)11-7-8-15-12-13-18(25-2)19(14-15)26-3/h5-6,9-10,12-14H,4,7-8,11H2,1-3H3,(H,22,23). The largest absolute Gasteiger partial charge is 0.493 e. The molecule has 0 aliphatic rings. The Labute approximate surface area is 159 Å². The molecular weight excluding hydrogens is 346 g/mol. The number of aryl methyl sites for hydroxylation is 1. The van der Waals surface area contributed by atoms with E-state index in [0.29, 0.717) is 35.6 Å². The number of nitrogens with one attached hydrogen (secondary N) is 1. The monoisotopic (exact) mass is 371 g/mol. The summed E-state index contributed by atoms with van der Waals surface area (Å²) in [6, 6.07) is 12.5. The smallest absolute Gasteiger partial charge is 0.340 e. The Hall–Kier alpha value is -3.02. The van der Waals surface area contributed by atoms with Gasteiger partial charge in [-0.2, -0.15) is 0 Å². The van der Waals surface area contributed by atoms with E-state index in [2.05, 4.69) is 5.32 Å². The van der Waals surface area contributed by atoms with Crippen LogP contribution in [-0.4, -0.2) is 32.7 Å². The summed E-state index contributed by atoms with van der Waals surface area (Å²) in [5.41, 5.74) is 1.88. The molecular formula is C21H25NO5. The fourth-order valence-electron chi connectivity index (χ4n) is 2.68. The van der Waals surface area contributed by atoms with Crippen LogP contribution >= 0.6 is 0 Å². The molecule has 2 rings (SSSR count). The number of amides is 1. The SMILES string of the molecule is CCOC(=O)c1ccccc1NC(=O)CCCc1ccc(OC)c(OC)c1. The average molecular weight is 371 g/mol. The summed E-state index contributed by atoms with van der Waals surface area (Å²) < 4.78 is 15.5. The van der Waals surface area contributed by atoms with Gasteiger partial charge in [-0.05, 0) is 49.6 Å². The molecule has 0 aliphatic heterocycles. The molecule has 0 saturated heterocycles. The van der Waals surface area contributed by atoms with Gasteiger partial charge in [0.25, 0.3) is 0 Å². The van der Waals surface area contributed by atoms with Crippen LogP contribution in [0.15, 0.2) is 42.5 Å². The lowest BCUT2D eigenvalue weighted by Crippen LogP contribution is -2.15. The van der Waals surface area contributed by atoms with Crippen molar-refractivity contribution in [1.29, 1.82) is 0 Å². The van der Waals surface area contributed by atoms with E-state index >= 15 is 0 Å². The van der Waals surface area contributed by atoms with Crippen LogP contribution in [0, 0.1) is 0 Å². The minimum absolute atomic E-state index is 0.146. The van der Waals surface area contributed by atoms with Crippen molar-refractivity contribution in [1.82, 2.24) is 0 Å². The van der Waals surface area contributed by atoms with Gasteiger partial charge in [-0.3, -0.25) is 4.79 Å². The number of carbonyl (C=O) groups excluding carboxylic acids is 2. The Morgan fingerprint density at radius 1 is 1.00 bits per heavy atom. The molecule has 1 N–H and O–H groups in total. The van der Waals surface area contributed by atoms with Crippen molar-refractivity contribution >= 4 is 17.6 Å². The summed E-state index contributed by atoms with van der Waals surface area (Å²) >= 11 is 0. The van der Waals surface area contributed by atoms with Crippen LogP contribution < -0.4 is 14.8 Å². The number of carbonyl (C=O) groups is 2. The van der Waals surface area contributed by atoms with Gasteiger partial charge < -0.3 is 19.5 Å². The minimum Gasteiger partial charge on any atom is -0.493 e. The first-order chi connectivity index (χ1) is 13.1. The fourth-order valence-corrected chi connectivity index (χ4v) is 2.68. The second kappa shape index (κ2) is 10.2. The zero-order chi connectivity index (χ0) is 19.6. The van der Waals surface area contributed by atoms with Crippen LogP contribution in [0.1, 0.15) is 35.7 Å². The van der Waals surface area contributed by atoms with Crippen LogP contribution in [-0.2, 0) is 16.0 Å². The molecule has 0 aromatic heterocycles. The summed E-state index contributed by atoms with van der Waals surface area (Å²) in [6.07, 6.45) is 1.74. The highest BCUT2D eigenvalue weighted by Gasteiger charge is 2.14. The van der Waals surface area contributed by atoms with E-state index in [-0.39, 0.29) is 12.5 Å². The molecule has 0 unspecified atom stereocenters. The molecule has 27 heavy (non-hydrogen) atoms. The molecule has 1 amide bonds. The summed E-state index contributed by atoms with van der Waals surface area (Å²) in [6.45, 7) is 2.03. The van der Waals surface area contributed by atoms with Gasteiger partial charge in [0.2, 0.25) is 5.91 Å². The zero-order valence-electron chi connectivity index (χ0n) is 15.9. The normalized spacial score (nSPS) is 10.2. The van der Waals surface area contributed by atoms with Crippen molar-refractivity contribution in [3.63, 3.8) is 0 Å². The Bertz CT molecular complexity index is 788. The average Bonchev–Trinajstić information content (AvgIpc) is 2.68. The van der Waals surface area contributed by atoms with Gasteiger partial charge in [0.05, 0.1) is 32.1 Å². The molecule has 0 saturated carbocycles. The molecule has 0 atom stereocenters. The van der Waals surface area contributed by atoms with E-state index < -0.39 is 5.97 Å². The number of anilines is 1. The molecule has 144 valence electrons. The molecule has 6 heteroatoms. The summed E-state index contributed by atoms with van der Waals surface area (Å²) in [5, 5.41) is 2.79.